The zero-order chi connectivity index (χ0) is 33.0. The maximum absolute atomic E-state index is 11.6. The number of benzene rings is 6. The first-order valence-electron chi connectivity index (χ1n) is 15.5. The van der Waals surface area contributed by atoms with Crippen molar-refractivity contribution in [2.24, 2.45) is 0 Å². The van der Waals surface area contributed by atoms with Crippen LogP contribution >= 0.6 is 14.5 Å². The Balaban J connectivity index is 0.000000257. The van der Waals surface area contributed by atoms with E-state index in [1.807, 2.05) is 72.8 Å². The lowest BCUT2D eigenvalue weighted by molar-refractivity contribution is -0.138. The molecule has 0 radical (unpaired) electrons. The normalized spacial score (nSPS) is 10.7. The number of aromatic hydroxyl groups is 1. The van der Waals surface area contributed by atoms with Crippen molar-refractivity contribution in [3.05, 3.63) is 176 Å². The summed E-state index contributed by atoms with van der Waals surface area (Å²) in [6.45, 7) is 1.41. The zero-order valence-electron chi connectivity index (χ0n) is 27.6. The summed E-state index contributed by atoms with van der Waals surface area (Å²) in [6.07, 6.45) is 0.930. The second kappa shape index (κ2) is 18.8. The lowest BCUT2D eigenvalue weighted by Gasteiger charge is -2.27. The first-order chi connectivity index (χ1) is 23.0. The maximum Gasteiger partial charge on any atom is 0.305 e. The van der Waals surface area contributed by atoms with Crippen LogP contribution in [-0.4, -0.2) is 41.8 Å². The van der Waals surface area contributed by atoms with Gasteiger partial charge < -0.3 is 25.5 Å². The highest BCUT2D eigenvalue weighted by Crippen LogP contribution is 2.57. The minimum atomic E-state index is -2.34. The molecule has 6 nitrogen and oxygen atoms in total. The quantitative estimate of drug-likeness (QED) is 0.131. The van der Waals surface area contributed by atoms with Crippen LogP contribution in [0.1, 0.15) is 6.92 Å². The number of ether oxygens (including phenoxy) is 2. The van der Waals surface area contributed by atoms with Crippen LogP contribution < -0.4 is 31.8 Å². The fourth-order valence-corrected chi connectivity index (χ4v) is 13.5. The van der Waals surface area contributed by atoms with Gasteiger partial charge in [-0.05, 0) is 72.8 Å². The van der Waals surface area contributed by atoms with Crippen LogP contribution in [-0.2, 0) is 14.3 Å². The molecule has 0 aliphatic heterocycles. The number of esters is 1. The molecule has 0 saturated carbocycles. The number of hydrogen-bond donors (Lipinski definition) is 1. The van der Waals surface area contributed by atoms with Gasteiger partial charge in [0.15, 0.2) is 19.4 Å². The van der Waals surface area contributed by atoms with Gasteiger partial charge in [0.1, 0.15) is 39.1 Å². The van der Waals surface area contributed by atoms with Crippen molar-refractivity contribution in [1.29, 1.82) is 0 Å². The second-order valence-electron chi connectivity index (χ2n) is 11.0. The topological polar surface area (TPSA) is 116 Å². The monoisotopic (exact) mass is 692 g/mol. The minimum Gasteiger partial charge on any atom is -0.870 e. The number of methoxy groups -OCH3 is 1. The summed E-state index contributed by atoms with van der Waals surface area (Å²) < 4.78 is 11.2. The van der Waals surface area contributed by atoms with Crippen LogP contribution in [0.2, 0.25) is 0 Å². The third kappa shape index (κ3) is 8.68. The molecule has 0 saturated heterocycles. The summed E-state index contributed by atoms with van der Waals surface area (Å²) in [7, 11) is -2.32. The molecule has 0 aliphatic rings. The van der Waals surface area contributed by atoms with E-state index in [1.54, 1.807) is 19.2 Å². The SMILES string of the molecule is CC(=O)OC[P+](c1ccccc1)(c1ccccc1)c1ccccc1O.COC[P+](c1ccccc1)(c1ccccc1)c1ccccc1.[OH-].[OH-]. The van der Waals surface area contributed by atoms with E-state index in [0.29, 0.717) is 6.35 Å². The van der Waals surface area contributed by atoms with Crippen LogP contribution in [0.25, 0.3) is 0 Å². The molecule has 3 N–H and O–H groups in total. The van der Waals surface area contributed by atoms with Crippen molar-refractivity contribution < 1.29 is 30.3 Å². The van der Waals surface area contributed by atoms with Crippen LogP contribution in [0.15, 0.2) is 176 Å². The number of phenols is 1. The number of carbonyl (C=O) groups excluding carboxylic acids is 1. The van der Waals surface area contributed by atoms with Gasteiger partial charge in [-0.1, -0.05) is 103 Å². The fraction of sp³-hybridized carbons (Fsp3) is 0.0976. The van der Waals surface area contributed by atoms with Gasteiger partial charge >= 0.3 is 5.97 Å². The third-order valence-corrected chi connectivity index (χ3v) is 16.3. The second-order valence-corrected chi connectivity index (χ2v) is 17.8. The summed E-state index contributed by atoms with van der Waals surface area (Å²) >= 11 is 0. The van der Waals surface area contributed by atoms with E-state index in [2.05, 4.69) is 91.0 Å². The van der Waals surface area contributed by atoms with Crippen molar-refractivity contribution in [2.75, 3.05) is 19.8 Å². The van der Waals surface area contributed by atoms with E-state index in [1.165, 1.54) is 22.8 Å². The molecule has 6 aromatic carbocycles. The lowest BCUT2D eigenvalue weighted by atomic mass is 10.3. The maximum atomic E-state index is 11.6. The average molecular weight is 693 g/mol. The zero-order valence-corrected chi connectivity index (χ0v) is 29.4. The fourth-order valence-electron chi connectivity index (χ4n) is 5.90. The Labute approximate surface area is 290 Å². The Morgan fingerprint density at radius 2 is 0.796 bits per heavy atom. The van der Waals surface area contributed by atoms with Gasteiger partial charge in [-0.2, -0.15) is 0 Å². The van der Waals surface area contributed by atoms with Gasteiger partial charge in [-0.15, -0.1) is 0 Å². The van der Waals surface area contributed by atoms with Crippen molar-refractivity contribution in [3.63, 3.8) is 0 Å². The van der Waals surface area contributed by atoms with Crippen LogP contribution in [0.5, 0.6) is 5.75 Å². The van der Waals surface area contributed by atoms with Gasteiger partial charge in [0.25, 0.3) is 0 Å². The van der Waals surface area contributed by atoms with Crippen molar-refractivity contribution >= 4 is 52.3 Å². The number of carbonyl (C=O) groups is 1. The molecule has 6 aromatic rings. The standard InChI is InChI=1S/C21H19O3P.C20H20OP.2H2O/c1-17(22)24-16-25(18-10-4-2-5-11-18,19-12-6-3-7-13-19)21-15-9-8-14-20(21)23;1-21-17-22(18-11-5-2-6-12-18,19-13-7-3-8-14-19)20-15-9-4-10-16-20;;/h2-15H,16H2,1H3;2-16H,17H2,1H3;2*1H2/q;+1;;/p-1. The van der Waals surface area contributed by atoms with E-state index in [0.717, 1.165) is 15.9 Å². The molecular weight excluding hydrogens is 650 g/mol. The molecule has 0 aliphatic carbocycles. The molecule has 0 bridgehead atoms. The summed E-state index contributed by atoms with van der Waals surface area (Å²) in [4.78, 5) is 11.6. The van der Waals surface area contributed by atoms with Gasteiger partial charge in [0, 0.05) is 14.0 Å². The van der Waals surface area contributed by atoms with E-state index < -0.39 is 14.5 Å². The van der Waals surface area contributed by atoms with E-state index >= 15 is 0 Å². The van der Waals surface area contributed by atoms with Crippen molar-refractivity contribution in [3.8, 4) is 5.75 Å². The summed E-state index contributed by atoms with van der Waals surface area (Å²) in [6, 6.07) is 59.6. The molecule has 0 atom stereocenters. The Morgan fingerprint density at radius 3 is 1.10 bits per heavy atom. The van der Waals surface area contributed by atoms with E-state index in [-0.39, 0.29) is 29.0 Å². The molecule has 0 heterocycles. The Kier molecular flexibility index (Phi) is 14.8. The first-order valence-corrected chi connectivity index (χ1v) is 19.4. The van der Waals surface area contributed by atoms with Gasteiger partial charge in [-0.3, -0.25) is 4.79 Å². The molecule has 49 heavy (non-hydrogen) atoms. The molecule has 0 aromatic heterocycles. The number of phenolic OH excluding ortho intramolecular Hbond substituents is 1. The highest BCUT2D eigenvalue weighted by atomic mass is 31.2. The van der Waals surface area contributed by atoms with Crippen molar-refractivity contribution in [1.82, 2.24) is 0 Å². The highest BCUT2D eigenvalue weighted by molar-refractivity contribution is 7.96. The number of hydrogen-bond acceptors (Lipinski definition) is 6. The third-order valence-electron chi connectivity index (χ3n) is 8.06. The smallest absolute Gasteiger partial charge is 0.305 e. The van der Waals surface area contributed by atoms with Gasteiger partial charge in [-0.25, -0.2) is 0 Å². The molecule has 0 fully saturated rings. The molecule has 0 unspecified atom stereocenters. The molecular formula is C41H42O6P2. The van der Waals surface area contributed by atoms with Gasteiger partial charge in [0.2, 0.25) is 6.35 Å². The van der Waals surface area contributed by atoms with Crippen LogP contribution in [0.4, 0.5) is 0 Å². The Hall–Kier alpha value is -4.67. The average Bonchev–Trinajstić information content (AvgIpc) is 3.14. The lowest BCUT2D eigenvalue weighted by Crippen LogP contribution is -2.34. The Morgan fingerprint density at radius 1 is 0.490 bits per heavy atom. The Bertz CT molecular complexity index is 1690. The predicted octanol–water partition coefficient (Wildman–Crippen LogP) is 6.44. The van der Waals surface area contributed by atoms with Crippen LogP contribution in [0, 0.1) is 0 Å². The summed E-state index contributed by atoms with van der Waals surface area (Å²) in [5.41, 5.74) is 0. The van der Waals surface area contributed by atoms with Gasteiger partial charge in [0.05, 0.1) is 0 Å². The molecule has 6 rings (SSSR count). The number of rotatable bonds is 10. The van der Waals surface area contributed by atoms with E-state index in [9.17, 15) is 9.90 Å². The van der Waals surface area contributed by atoms with Crippen LogP contribution in [0.3, 0.4) is 0 Å². The van der Waals surface area contributed by atoms with Crippen molar-refractivity contribution in [2.45, 2.75) is 6.92 Å². The number of para-hydroxylation sites is 1. The van der Waals surface area contributed by atoms with E-state index in [4.69, 9.17) is 9.47 Å². The summed E-state index contributed by atoms with van der Waals surface area (Å²) in [5.74, 6) is -0.109. The molecule has 0 spiro atoms. The predicted molar refractivity (Wildman–Crippen MR) is 204 cm³/mol. The molecule has 8 heteroatoms. The molecule has 252 valence electrons. The summed E-state index contributed by atoms with van der Waals surface area (Å²) in [5, 5.41) is 17.6. The molecule has 0 amide bonds. The minimum absolute atomic E-state index is 0. The first kappa shape index (κ1) is 38.8. The highest BCUT2D eigenvalue weighted by Gasteiger charge is 2.49. The largest absolute Gasteiger partial charge is 0.870 e.